The zero-order valence-corrected chi connectivity index (χ0v) is 15.6. The highest BCUT2D eigenvalue weighted by atomic mass is 79.9. The first-order chi connectivity index (χ1) is 11.9. The molecule has 0 radical (unpaired) electrons. The highest BCUT2D eigenvalue weighted by Gasteiger charge is 2.12. The number of carbonyl (C=O) groups is 2. The zero-order chi connectivity index (χ0) is 18.4. The summed E-state index contributed by atoms with van der Waals surface area (Å²) in [5.41, 5.74) is 1.20. The molecule has 0 spiro atoms. The number of ether oxygens (including phenoxy) is 1. The van der Waals surface area contributed by atoms with Crippen LogP contribution in [0.3, 0.4) is 0 Å². The summed E-state index contributed by atoms with van der Waals surface area (Å²) in [6.45, 7) is 1.46. The summed E-state index contributed by atoms with van der Waals surface area (Å²) in [5.74, 6) is -0.895. The molecular weight excluding hydrogens is 408 g/mol. The maximum Gasteiger partial charge on any atom is 0.336 e. The fourth-order valence-electron chi connectivity index (χ4n) is 2.00. The van der Waals surface area contributed by atoms with Gasteiger partial charge in [0.2, 0.25) is 0 Å². The van der Waals surface area contributed by atoms with Crippen LogP contribution < -0.4 is 15.4 Å². The summed E-state index contributed by atoms with van der Waals surface area (Å²) < 4.78 is 6.26. The minimum absolute atomic E-state index is 0.0649. The van der Waals surface area contributed by atoms with Gasteiger partial charge in [-0.3, -0.25) is 10.1 Å². The van der Waals surface area contributed by atoms with E-state index in [-0.39, 0.29) is 17.3 Å². The predicted molar refractivity (Wildman–Crippen MR) is 102 cm³/mol. The summed E-state index contributed by atoms with van der Waals surface area (Å²) in [5, 5.41) is 14.5. The van der Waals surface area contributed by atoms with Crippen LogP contribution in [-0.4, -0.2) is 28.7 Å². The second kappa shape index (κ2) is 8.59. The average Bonchev–Trinajstić information content (AvgIpc) is 2.56. The molecule has 2 aromatic carbocycles. The normalized spacial score (nSPS) is 10.0. The number of halogens is 1. The summed E-state index contributed by atoms with van der Waals surface area (Å²) in [6.07, 6.45) is 0. The minimum Gasteiger partial charge on any atom is -0.484 e. The Morgan fingerprint density at radius 2 is 1.88 bits per heavy atom. The van der Waals surface area contributed by atoms with Crippen LogP contribution in [0.2, 0.25) is 0 Å². The number of aromatic carboxylic acids is 1. The molecule has 0 fully saturated rings. The van der Waals surface area contributed by atoms with Gasteiger partial charge in [-0.1, -0.05) is 22.0 Å². The van der Waals surface area contributed by atoms with Gasteiger partial charge >= 0.3 is 5.97 Å². The minimum atomic E-state index is -1.03. The number of carboxylic acid groups (broad SMARTS) is 1. The molecule has 2 aromatic rings. The van der Waals surface area contributed by atoms with Crippen LogP contribution in [0.1, 0.15) is 15.9 Å². The van der Waals surface area contributed by atoms with Crippen LogP contribution in [0.15, 0.2) is 46.9 Å². The maximum absolute atomic E-state index is 11.9. The third kappa shape index (κ3) is 5.54. The quantitative estimate of drug-likeness (QED) is 0.640. The second-order valence-corrected chi connectivity index (χ2v) is 6.35. The highest BCUT2D eigenvalue weighted by molar-refractivity contribution is 9.10. The number of carbonyl (C=O) groups excluding carboxylic acids is 1. The standard InChI is InChI=1S/C17H15BrN2O4S/c1-10-13(16(22)23)3-2-4-14(10)19-17(25)20-15(21)9-24-12-7-5-11(18)6-8-12/h2-8H,9H2,1H3,(H,22,23)(H2,19,20,21,25). The number of amides is 1. The summed E-state index contributed by atoms with van der Waals surface area (Å²) in [6, 6.07) is 11.8. The molecule has 3 N–H and O–H groups in total. The first-order valence-electron chi connectivity index (χ1n) is 7.19. The van der Waals surface area contributed by atoms with E-state index in [4.69, 9.17) is 22.1 Å². The lowest BCUT2D eigenvalue weighted by molar-refractivity contribution is -0.121. The van der Waals surface area contributed by atoms with Gasteiger partial charge in [0.25, 0.3) is 5.91 Å². The summed E-state index contributed by atoms with van der Waals surface area (Å²) in [7, 11) is 0. The molecule has 0 saturated carbocycles. The molecule has 130 valence electrons. The lowest BCUT2D eigenvalue weighted by Crippen LogP contribution is -2.37. The molecule has 0 aliphatic carbocycles. The van der Waals surface area contributed by atoms with Gasteiger partial charge in [0.1, 0.15) is 5.75 Å². The molecule has 0 saturated heterocycles. The summed E-state index contributed by atoms with van der Waals surface area (Å²) >= 11 is 8.39. The van der Waals surface area contributed by atoms with E-state index in [1.54, 1.807) is 43.3 Å². The Balaban J connectivity index is 1.89. The van der Waals surface area contributed by atoms with E-state index in [1.807, 2.05) is 0 Å². The van der Waals surface area contributed by atoms with E-state index < -0.39 is 11.9 Å². The van der Waals surface area contributed by atoms with Gasteiger partial charge in [-0.2, -0.15) is 0 Å². The van der Waals surface area contributed by atoms with Gasteiger partial charge in [0.15, 0.2) is 11.7 Å². The predicted octanol–water partition coefficient (Wildman–Crippen LogP) is 3.35. The summed E-state index contributed by atoms with van der Waals surface area (Å²) in [4.78, 5) is 23.0. The van der Waals surface area contributed by atoms with Crippen molar-refractivity contribution in [3.63, 3.8) is 0 Å². The van der Waals surface area contributed by atoms with Crippen molar-refractivity contribution >= 4 is 50.8 Å². The fraction of sp³-hybridized carbons (Fsp3) is 0.118. The van der Waals surface area contributed by atoms with Gasteiger partial charge < -0.3 is 15.2 Å². The number of nitrogens with one attached hydrogen (secondary N) is 2. The molecule has 0 heterocycles. The van der Waals surface area contributed by atoms with Crippen LogP contribution in [0.25, 0.3) is 0 Å². The SMILES string of the molecule is Cc1c(NC(=S)NC(=O)COc2ccc(Br)cc2)cccc1C(=O)O. The largest absolute Gasteiger partial charge is 0.484 e. The topological polar surface area (TPSA) is 87.7 Å². The lowest BCUT2D eigenvalue weighted by atomic mass is 10.1. The maximum atomic E-state index is 11.9. The fourth-order valence-corrected chi connectivity index (χ4v) is 2.49. The van der Waals surface area contributed by atoms with Crippen molar-refractivity contribution in [2.24, 2.45) is 0 Å². The Kier molecular flexibility index (Phi) is 6.49. The van der Waals surface area contributed by atoms with Crippen molar-refractivity contribution in [3.8, 4) is 5.75 Å². The average molecular weight is 423 g/mol. The zero-order valence-electron chi connectivity index (χ0n) is 13.2. The number of carboxylic acids is 1. The number of hydrogen-bond acceptors (Lipinski definition) is 4. The highest BCUT2D eigenvalue weighted by Crippen LogP contribution is 2.19. The van der Waals surface area contributed by atoms with Crippen LogP contribution in [0.4, 0.5) is 5.69 Å². The smallest absolute Gasteiger partial charge is 0.336 e. The Morgan fingerprint density at radius 1 is 1.20 bits per heavy atom. The van der Waals surface area contributed by atoms with E-state index in [0.717, 1.165) is 4.47 Å². The number of hydrogen-bond donors (Lipinski definition) is 3. The lowest BCUT2D eigenvalue weighted by Gasteiger charge is -2.13. The van der Waals surface area contributed by atoms with Crippen molar-refractivity contribution in [2.45, 2.75) is 6.92 Å². The van der Waals surface area contributed by atoms with Crippen molar-refractivity contribution in [1.82, 2.24) is 5.32 Å². The van der Waals surface area contributed by atoms with E-state index in [9.17, 15) is 9.59 Å². The van der Waals surface area contributed by atoms with Crippen molar-refractivity contribution in [2.75, 3.05) is 11.9 Å². The van der Waals surface area contributed by atoms with Gasteiger partial charge in [-0.15, -0.1) is 0 Å². The number of anilines is 1. The Bertz CT molecular complexity index is 809. The molecule has 2 rings (SSSR count). The molecule has 6 nitrogen and oxygen atoms in total. The Hall–Kier alpha value is -2.45. The van der Waals surface area contributed by atoms with Crippen molar-refractivity contribution in [3.05, 3.63) is 58.1 Å². The van der Waals surface area contributed by atoms with Crippen LogP contribution in [0, 0.1) is 6.92 Å². The molecule has 0 aromatic heterocycles. The van der Waals surface area contributed by atoms with E-state index in [0.29, 0.717) is 17.0 Å². The molecular formula is C17H15BrN2O4S. The first kappa shape index (κ1) is 18.9. The first-order valence-corrected chi connectivity index (χ1v) is 8.39. The van der Waals surface area contributed by atoms with Crippen LogP contribution >= 0.6 is 28.1 Å². The number of benzene rings is 2. The monoisotopic (exact) mass is 422 g/mol. The van der Waals surface area contributed by atoms with Gasteiger partial charge in [0, 0.05) is 10.2 Å². The molecule has 8 heteroatoms. The van der Waals surface area contributed by atoms with Gasteiger partial charge in [-0.05, 0) is 61.1 Å². The van der Waals surface area contributed by atoms with Crippen molar-refractivity contribution in [1.29, 1.82) is 0 Å². The number of thiocarbonyl (C=S) groups is 1. The molecule has 0 atom stereocenters. The number of rotatable bonds is 5. The molecule has 1 amide bonds. The molecule has 0 bridgehead atoms. The third-order valence-corrected chi connectivity index (χ3v) is 3.98. The van der Waals surface area contributed by atoms with Gasteiger partial charge in [-0.25, -0.2) is 4.79 Å². The van der Waals surface area contributed by atoms with E-state index in [1.165, 1.54) is 6.07 Å². The Morgan fingerprint density at radius 3 is 2.52 bits per heavy atom. The third-order valence-electron chi connectivity index (χ3n) is 3.25. The molecule has 0 aliphatic heterocycles. The van der Waals surface area contributed by atoms with Crippen molar-refractivity contribution < 1.29 is 19.4 Å². The van der Waals surface area contributed by atoms with E-state index >= 15 is 0 Å². The van der Waals surface area contributed by atoms with Crippen LogP contribution in [0.5, 0.6) is 5.75 Å². The molecule has 25 heavy (non-hydrogen) atoms. The van der Waals surface area contributed by atoms with E-state index in [2.05, 4.69) is 26.6 Å². The second-order valence-electron chi connectivity index (χ2n) is 5.03. The van der Waals surface area contributed by atoms with Crippen LogP contribution in [-0.2, 0) is 4.79 Å². The van der Waals surface area contributed by atoms with Gasteiger partial charge in [0.05, 0.1) is 5.56 Å². The Labute approximate surface area is 158 Å². The molecule has 0 aliphatic rings. The molecule has 0 unspecified atom stereocenters.